The van der Waals surface area contributed by atoms with Crippen LogP contribution in [-0.4, -0.2) is 0 Å². The molecule has 3 heteroatoms. The van der Waals surface area contributed by atoms with Crippen molar-refractivity contribution >= 4 is 0 Å². The quantitative estimate of drug-likeness (QED) is 0.552. The molecule has 7 heavy (non-hydrogen) atoms. The van der Waals surface area contributed by atoms with Crippen LogP contribution < -0.4 is 0 Å². The van der Waals surface area contributed by atoms with Crippen LogP contribution in [-0.2, 0) is 24.5 Å². The van der Waals surface area contributed by atoms with Gasteiger partial charge in [-0.05, 0) is 0 Å². The average Bonchev–Trinajstić information content (AvgIpc) is 1.61. The summed E-state index contributed by atoms with van der Waals surface area (Å²) in [5.74, 6) is 0. The van der Waals surface area contributed by atoms with Gasteiger partial charge in [0.1, 0.15) is 0 Å². The molecule has 0 saturated heterocycles. The van der Waals surface area contributed by atoms with Gasteiger partial charge in [-0.2, -0.15) is 0 Å². The van der Waals surface area contributed by atoms with E-state index in [1.165, 1.54) is 0 Å². The van der Waals surface area contributed by atoms with Crippen molar-refractivity contribution in [3.63, 3.8) is 0 Å². The van der Waals surface area contributed by atoms with Gasteiger partial charge in [-0.25, -0.2) is 0 Å². The van der Waals surface area contributed by atoms with Crippen LogP contribution in [0.4, 0.5) is 0 Å². The van der Waals surface area contributed by atoms with Crippen molar-refractivity contribution < 1.29 is 24.5 Å². The van der Waals surface area contributed by atoms with E-state index >= 15 is 0 Å². The fraction of sp³-hybridized carbons (Fsp3) is 1.00. The molecule has 0 saturated carbocycles. The van der Waals surface area contributed by atoms with Crippen LogP contribution in [0.25, 0.3) is 0 Å². The molecular weight excluding hydrogens is 128 g/mol. The molecular formula is C4H9O2Ti. The van der Waals surface area contributed by atoms with Gasteiger partial charge in [0.15, 0.2) is 0 Å². The van der Waals surface area contributed by atoms with E-state index in [2.05, 4.69) is 0 Å². The second kappa shape index (κ2) is 4.47. The molecule has 0 spiro atoms. The Hall–Kier alpha value is 0.314. The van der Waals surface area contributed by atoms with Gasteiger partial charge in [0.05, 0.1) is 0 Å². The summed E-state index contributed by atoms with van der Waals surface area (Å²) in [7, 11) is 0. The number of rotatable bonds is 3. The monoisotopic (exact) mass is 137 g/mol. The standard InChI is InChI=1S/C4H9.2O.Ti/c1-3-4-2;;;/h1,3-4H2,2H3;;;. The Kier molecular flexibility index (Phi) is 4.67. The summed E-state index contributed by atoms with van der Waals surface area (Å²) < 4.78 is 20.2. The van der Waals surface area contributed by atoms with Crippen LogP contribution in [0.1, 0.15) is 19.8 Å². The minimum absolute atomic E-state index is 0.455. The average molecular weight is 137 g/mol. The summed E-state index contributed by atoms with van der Waals surface area (Å²) in [6.07, 6.45) is 1.84. The second-order valence-corrected chi connectivity index (χ2v) is 3.42. The molecule has 0 aliphatic rings. The van der Waals surface area contributed by atoms with E-state index in [0.29, 0.717) is 4.73 Å². The molecule has 0 unspecified atom stereocenters. The molecule has 0 fully saturated rings. The summed E-state index contributed by atoms with van der Waals surface area (Å²) in [6, 6.07) is 0. The fourth-order valence-electron chi connectivity index (χ4n) is 0.321. The third kappa shape index (κ3) is 6.31. The molecule has 0 aromatic heterocycles. The Labute approximate surface area is 49.4 Å². The number of hydrogen-bond donors (Lipinski definition) is 0. The van der Waals surface area contributed by atoms with Crippen molar-refractivity contribution in [3.8, 4) is 0 Å². The molecule has 0 aromatic carbocycles. The maximum atomic E-state index is 9.90. The summed E-state index contributed by atoms with van der Waals surface area (Å²) >= 11 is -2.91. The van der Waals surface area contributed by atoms with Crippen LogP contribution in [0.15, 0.2) is 0 Å². The van der Waals surface area contributed by atoms with Crippen molar-refractivity contribution in [2.24, 2.45) is 0 Å². The topological polar surface area (TPSA) is 34.1 Å². The Bertz CT molecular complexity index is 87.9. The van der Waals surface area contributed by atoms with Gasteiger partial charge in [-0.1, -0.05) is 0 Å². The van der Waals surface area contributed by atoms with Gasteiger partial charge in [0.25, 0.3) is 0 Å². The second-order valence-electron chi connectivity index (χ2n) is 1.48. The fourth-order valence-corrected chi connectivity index (χ4v) is 1.32. The van der Waals surface area contributed by atoms with Crippen LogP contribution in [0.2, 0.25) is 4.73 Å². The van der Waals surface area contributed by atoms with Gasteiger partial charge in [-0.15, -0.1) is 0 Å². The van der Waals surface area contributed by atoms with Crippen LogP contribution in [0.3, 0.4) is 0 Å². The van der Waals surface area contributed by atoms with Crippen molar-refractivity contribution in [1.82, 2.24) is 0 Å². The first-order valence-electron chi connectivity index (χ1n) is 2.47. The van der Waals surface area contributed by atoms with Gasteiger partial charge < -0.3 is 0 Å². The first-order valence-corrected chi connectivity index (χ1v) is 4.85. The molecule has 0 amide bonds. The van der Waals surface area contributed by atoms with Crippen LogP contribution >= 0.6 is 0 Å². The molecule has 0 rings (SSSR count). The molecule has 0 aliphatic heterocycles. The Morgan fingerprint density at radius 2 is 2.00 bits per heavy atom. The van der Waals surface area contributed by atoms with Crippen molar-refractivity contribution in [3.05, 3.63) is 0 Å². The first kappa shape index (κ1) is 7.31. The molecule has 41 valence electrons. The zero-order valence-corrected chi connectivity index (χ0v) is 6.00. The van der Waals surface area contributed by atoms with E-state index in [1.54, 1.807) is 0 Å². The normalized spacial score (nSPS) is 8.71. The number of unbranched alkanes of at least 4 members (excludes halogenated alkanes) is 1. The Morgan fingerprint density at radius 3 is 2.14 bits per heavy atom. The Morgan fingerprint density at radius 1 is 1.43 bits per heavy atom. The Balaban J connectivity index is 2.98. The molecule has 0 heterocycles. The van der Waals surface area contributed by atoms with E-state index < -0.39 is 17.8 Å². The van der Waals surface area contributed by atoms with Gasteiger partial charge in [-0.3, -0.25) is 0 Å². The van der Waals surface area contributed by atoms with E-state index in [0.717, 1.165) is 12.8 Å². The molecule has 0 N–H and O–H groups in total. The summed E-state index contributed by atoms with van der Waals surface area (Å²) in [5, 5.41) is 0. The predicted octanol–water partition coefficient (Wildman–Crippen LogP) is 1.51. The van der Waals surface area contributed by atoms with E-state index in [-0.39, 0.29) is 0 Å². The van der Waals surface area contributed by atoms with Gasteiger partial charge in [0, 0.05) is 0 Å². The summed E-state index contributed by atoms with van der Waals surface area (Å²) in [4.78, 5) is 0. The first-order chi connectivity index (χ1) is 3.27. The summed E-state index contributed by atoms with van der Waals surface area (Å²) in [5.41, 5.74) is 0. The minimum atomic E-state index is -2.91. The van der Waals surface area contributed by atoms with E-state index in [1.807, 2.05) is 6.92 Å². The third-order valence-electron chi connectivity index (χ3n) is 0.734. The molecule has 0 atom stereocenters. The molecule has 0 bridgehead atoms. The van der Waals surface area contributed by atoms with Crippen molar-refractivity contribution in [2.75, 3.05) is 0 Å². The van der Waals surface area contributed by atoms with Gasteiger partial charge in [0.2, 0.25) is 0 Å². The van der Waals surface area contributed by atoms with E-state index in [9.17, 15) is 6.65 Å². The molecule has 0 aliphatic carbocycles. The maximum absolute atomic E-state index is 9.90. The predicted molar refractivity (Wildman–Crippen MR) is 21.1 cm³/mol. The van der Waals surface area contributed by atoms with E-state index in [4.69, 9.17) is 0 Å². The summed E-state index contributed by atoms with van der Waals surface area (Å²) in [6.45, 7) is 1.99. The number of hydrogen-bond acceptors (Lipinski definition) is 2. The molecule has 2 nitrogen and oxygen atoms in total. The van der Waals surface area contributed by atoms with Gasteiger partial charge >= 0.3 is 48.9 Å². The van der Waals surface area contributed by atoms with Crippen LogP contribution in [0.5, 0.6) is 0 Å². The molecule has 0 aromatic rings. The molecule has 0 radical (unpaired) electrons. The zero-order chi connectivity index (χ0) is 5.70. The van der Waals surface area contributed by atoms with Crippen molar-refractivity contribution in [2.45, 2.75) is 24.5 Å². The SMILES string of the molecule is CCC[CH2][Ti](=[O])=[O]. The van der Waals surface area contributed by atoms with Crippen LogP contribution in [0, 0.1) is 0 Å². The zero-order valence-electron chi connectivity index (χ0n) is 4.44. The third-order valence-corrected chi connectivity index (χ3v) is 1.92. The van der Waals surface area contributed by atoms with Crippen molar-refractivity contribution in [1.29, 1.82) is 0 Å².